The summed E-state index contributed by atoms with van der Waals surface area (Å²) < 4.78 is 53.6. The molecule has 0 aliphatic heterocycles. The second-order valence-corrected chi connectivity index (χ2v) is 5.68. The van der Waals surface area contributed by atoms with Crippen LogP contribution >= 0.6 is 0 Å². The molecule has 1 aromatic carbocycles. The Morgan fingerprint density at radius 1 is 1.15 bits per heavy atom. The normalized spacial score (nSPS) is 11.9. The van der Waals surface area contributed by atoms with Crippen LogP contribution in [0.3, 0.4) is 0 Å². The lowest BCUT2D eigenvalue weighted by molar-refractivity contribution is -0.139. The molecule has 140 valence electrons. The van der Waals surface area contributed by atoms with Gasteiger partial charge in [-0.3, -0.25) is 4.98 Å². The highest BCUT2D eigenvalue weighted by Crippen LogP contribution is 2.33. The Kier molecular flexibility index (Phi) is 4.93. The minimum atomic E-state index is -4.79. The van der Waals surface area contributed by atoms with Crippen molar-refractivity contribution in [1.29, 1.82) is 0 Å². The number of nitrogens with one attached hydrogen (secondary N) is 1. The standard InChI is InChI=1S/C18H15F4N5/c1-3-4-16-25-17(26-27(16)13-7-8-23-11(2)9-13)24-12-5-6-15(19)14(10-12)18(20,21)22/h3-10H,1-2H3,(H,24,26). The zero-order valence-electron chi connectivity index (χ0n) is 14.4. The number of nitrogens with zero attached hydrogens (tertiary/aromatic N) is 4. The molecule has 0 spiro atoms. The van der Waals surface area contributed by atoms with Crippen LogP contribution in [0.2, 0.25) is 0 Å². The van der Waals surface area contributed by atoms with Gasteiger partial charge < -0.3 is 5.32 Å². The Morgan fingerprint density at radius 2 is 1.93 bits per heavy atom. The Balaban J connectivity index is 1.98. The Hall–Kier alpha value is -3.23. The quantitative estimate of drug-likeness (QED) is 0.657. The van der Waals surface area contributed by atoms with Crippen molar-refractivity contribution in [2.45, 2.75) is 20.0 Å². The van der Waals surface area contributed by atoms with E-state index in [-0.39, 0.29) is 11.6 Å². The third-order valence-electron chi connectivity index (χ3n) is 3.60. The van der Waals surface area contributed by atoms with Crippen LogP contribution in [0.4, 0.5) is 29.2 Å². The fraction of sp³-hybridized carbons (Fsp3) is 0.167. The molecule has 9 heteroatoms. The molecule has 0 bridgehead atoms. The van der Waals surface area contributed by atoms with E-state index in [9.17, 15) is 17.6 Å². The third kappa shape index (κ3) is 4.13. The van der Waals surface area contributed by atoms with Crippen LogP contribution in [0.25, 0.3) is 11.8 Å². The van der Waals surface area contributed by atoms with Gasteiger partial charge in [0.15, 0.2) is 5.82 Å². The fourth-order valence-electron chi connectivity index (χ4n) is 2.44. The molecule has 27 heavy (non-hydrogen) atoms. The van der Waals surface area contributed by atoms with Gasteiger partial charge in [-0.1, -0.05) is 6.08 Å². The average Bonchev–Trinajstić information content (AvgIpc) is 2.98. The van der Waals surface area contributed by atoms with Gasteiger partial charge >= 0.3 is 6.18 Å². The van der Waals surface area contributed by atoms with Crippen LogP contribution in [0, 0.1) is 12.7 Å². The highest BCUT2D eigenvalue weighted by molar-refractivity contribution is 5.57. The average molecular weight is 377 g/mol. The van der Waals surface area contributed by atoms with Crippen molar-refractivity contribution in [3.8, 4) is 5.69 Å². The van der Waals surface area contributed by atoms with Crippen molar-refractivity contribution < 1.29 is 17.6 Å². The lowest BCUT2D eigenvalue weighted by Crippen LogP contribution is -2.08. The molecule has 2 aromatic heterocycles. The highest BCUT2D eigenvalue weighted by atomic mass is 19.4. The predicted octanol–water partition coefficient (Wildman–Crippen LogP) is 4.91. The summed E-state index contributed by atoms with van der Waals surface area (Å²) in [6.45, 7) is 3.63. The number of alkyl halides is 3. The lowest BCUT2D eigenvalue weighted by atomic mass is 10.2. The molecule has 0 atom stereocenters. The summed E-state index contributed by atoms with van der Waals surface area (Å²) in [5.74, 6) is -0.783. The Morgan fingerprint density at radius 3 is 2.59 bits per heavy atom. The number of aryl methyl sites for hydroxylation is 1. The molecule has 2 heterocycles. The van der Waals surface area contributed by atoms with E-state index in [4.69, 9.17) is 0 Å². The number of aromatic nitrogens is 4. The highest BCUT2D eigenvalue weighted by Gasteiger charge is 2.34. The summed E-state index contributed by atoms with van der Waals surface area (Å²) in [6.07, 6.45) is 0.297. The van der Waals surface area contributed by atoms with E-state index < -0.39 is 17.6 Å². The largest absolute Gasteiger partial charge is 0.419 e. The SMILES string of the molecule is CC=Cc1nc(Nc2ccc(F)c(C(F)(F)F)c2)nn1-c1ccnc(C)c1. The summed E-state index contributed by atoms with van der Waals surface area (Å²) in [5, 5.41) is 6.98. The van der Waals surface area contributed by atoms with Crippen molar-refractivity contribution in [2.24, 2.45) is 0 Å². The fourth-order valence-corrected chi connectivity index (χ4v) is 2.44. The van der Waals surface area contributed by atoms with Crippen molar-refractivity contribution >= 4 is 17.7 Å². The van der Waals surface area contributed by atoms with Crippen LogP contribution in [0.15, 0.2) is 42.6 Å². The van der Waals surface area contributed by atoms with Crippen LogP contribution in [-0.2, 0) is 6.18 Å². The van der Waals surface area contributed by atoms with E-state index in [1.165, 1.54) is 10.7 Å². The van der Waals surface area contributed by atoms with E-state index in [0.29, 0.717) is 17.6 Å². The van der Waals surface area contributed by atoms with Crippen molar-refractivity contribution in [1.82, 2.24) is 19.7 Å². The molecule has 0 radical (unpaired) electrons. The summed E-state index contributed by atoms with van der Waals surface area (Å²) in [6, 6.07) is 6.16. The molecule has 0 aliphatic rings. The van der Waals surface area contributed by atoms with E-state index in [1.807, 2.05) is 6.92 Å². The maximum Gasteiger partial charge on any atom is 0.419 e. The first-order valence-corrected chi connectivity index (χ1v) is 7.94. The van der Waals surface area contributed by atoms with Gasteiger partial charge in [-0.15, -0.1) is 5.10 Å². The number of allylic oxidation sites excluding steroid dienone is 1. The number of halogens is 4. The Bertz CT molecular complexity index is 992. The van der Waals surface area contributed by atoms with E-state index >= 15 is 0 Å². The van der Waals surface area contributed by atoms with E-state index in [1.54, 1.807) is 37.4 Å². The van der Waals surface area contributed by atoms with Gasteiger partial charge in [-0.25, -0.2) is 9.07 Å². The number of anilines is 2. The molecule has 0 unspecified atom stereocenters. The van der Waals surface area contributed by atoms with Gasteiger partial charge in [0, 0.05) is 17.6 Å². The summed E-state index contributed by atoms with van der Waals surface area (Å²) in [7, 11) is 0. The number of hydrogen-bond acceptors (Lipinski definition) is 4. The van der Waals surface area contributed by atoms with Gasteiger partial charge in [0.1, 0.15) is 5.82 Å². The molecule has 1 N–H and O–H groups in total. The Labute approximate surface area is 152 Å². The molecule has 3 aromatic rings. The molecular weight excluding hydrogens is 362 g/mol. The minimum absolute atomic E-state index is 0.0267. The first-order valence-electron chi connectivity index (χ1n) is 7.94. The summed E-state index contributed by atoms with van der Waals surface area (Å²) >= 11 is 0. The van der Waals surface area contributed by atoms with Crippen LogP contribution in [-0.4, -0.2) is 19.7 Å². The van der Waals surface area contributed by atoms with Crippen LogP contribution in [0.5, 0.6) is 0 Å². The van der Waals surface area contributed by atoms with Gasteiger partial charge in [-0.2, -0.15) is 18.2 Å². The van der Waals surface area contributed by atoms with Gasteiger partial charge in [0.25, 0.3) is 0 Å². The molecule has 0 amide bonds. The zero-order chi connectivity index (χ0) is 19.6. The first-order chi connectivity index (χ1) is 12.8. The van der Waals surface area contributed by atoms with Crippen LogP contribution < -0.4 is 5.32 Å². The molecule has 0 aliphatic carbocycles. The molecular formula is C18H15F4N5. The summed E-state index contributed by atoms with van der Waals surface area (Å²) in [4.78, 5) is 8.39. The maximum absolute atomic E-state index is 13.4. The molecule has 0 fully saturated rings. The number of pyridine rings is 1. The van der Waals surface area contributed by atoms with E-state index in [2.05, 4.69) is 20.4 Å². The number of rotatable bonds is 4. The minimum Gasteiger partial charge on any atom is -0.323 e. The molecule has 0 saturated carbocycles. The predicted molar refractivity (Wildman–Crippen MR) is 93.3 cm³/mol. The van der Waals surface area contributed by atoms with Crippen molar-refractivity contribution in [2.75, 3.05) is 5.32 Å². The van der Waals surface area contributed by atoms with Crippen molar-refractivity contribution in [3.05, 3.63) is 65.5 Å². The molecule has 5 nitrogen and oxygen atoms in total. The van der Waals surface area contributed by atoms with Crippen LogP contribution in [0.1, 0.15) is 24.0 Å². The lowest BCUT2D eigenvalue weighted by Gasteiger charge is -2.10. The third-order valence-corrected chi connectivity index (χ3v) is 3.60. The summed E-state index contributed by atoms with van der Waals surface area (Å²) in [5.41, 5.74) is 0.146. The van der Waals surface area contributed by atoms with Crippen molar-refractivity contribution in [3.63, 3.8) is 0 Å². The topological polar surface area (TPSA) is 55.6 Å². The second kappa shape index (κ2) is 7.18. The smallest absolute Gasteiger partial charge is 0.323 e. The molecule has 3 rings (SSSR count). The second-order valence-electron chi connectivity index (χ2n) is 5.68. The first kappa shape index (κ1) is 18.6. The van der Waals surface area contributed by atoms with E-state index in [0.717, 1.165) is 11.8 Å². The zero-order valence-corrected chi connectivity index (χ0v) is 14.4. The number of benzene rings is 1. The van der Waals surface area contributed by atoms with Gasteiger partial charge in [0.05, 0.1) is 11.3 Å². The number of hydrogen-bond donors (Lipinski definition) is 1. The maximum atomic E-state index is 13.4. The molecule has 0 saturated heterocycles. The monoisotopic (exact) mass is 377 g/mol. The van der Waals surface area contributed by atoms with Gasteiger partial charge in [-0.05, 0) is 50.3 Å². The van der Waals surface area contributed by atoms with Gasteiger partial charge in [0.2, 0.25) is 5.95 Å².